The Kier molecular flexibility index (Phi) is 13.8. The number of esters is 1. The summed E-state index contributed by atoms with van der Waals surface area (Å²) in [6, 6.07) is 0.00552. The number of carbonyl (C=O) groups excluding carboxylic acids is 1. The van der Waals surface area contributed by atoms with Crippen LogP contribution in [0.1, 0.15) is 110 Å². The number of nitrogens with one attached hydrogen (secondary N) is 1. The van der Waals surface area contributed by atoms with E-state index in [9.17, 15) is 4.79 Å². The number of hydrogen-bond acceptors (Lipinski definition) is 5. The first-order chi connectivity index (χ1) is 12.3. The summed E-state index contributed by atoms with van der Waals surface area (Å²) in [5.41, 5.74) is 0. The fourth-order valence-electron chi connectivity index (χ4n) is 2.99. The van der Waals surface area contributed by atoms with Crippen LogP contribution in [0.3, 0.4) is 0 Å². The number of tetrazole rings is 1. The van der Waals surface area contributed by atoms with Gasteiger partial charge in [0.15, 0.2) is 0 Å². The molecule has 1 aromatic rings. The molecule has 6 heteroatoms. The van der Waals surface area contributed by atoms with Crippen LogP contribution in [-0.4, -0.2) is 26.6 Å². The lowest BCUT2D eigenvalue weighted by Crippen LogP contribution is -2.08. The van der Waals surface area contributed by atoms with E-state index in [1.165, 1.54) is 83.5 Å². The van der Waals surface area contributed by atoms with Crippen molar-refractivity contribution >= 4 is 5.97 Å². The molecule has 0 spiro atoms. The van der Waals surface area contributed by atoms with Gasteiger partial charge < -0.3 is 4.74 Å². The molecule has 25 heavy (non-hydrogen) atoms. The molecule has 1 heterocycles. The number of rotatable bonds is 17. The standard InChI is InChI=1S/C19H36N4O2/c1-2-3-4-5-6-7-8-9-10-11-12-13-14-15-16-17-18(24)25-19-20-22-23-21-19/h2-17H2,1H3,(H,20,21,22,23). The number of H-pyrrole nitrogens is 1. The highest BCUT2D eigenvalue weighted by Crippen LogP contribution is 2.13. The van der Waals surface area contributed by atoms with Crippen LogP contribution in [0.15, 0.2) is 0 Å². The Morgan fingerprint density at radius 1 is 0.800 bits per heavy atom. The second kappa shape index (κ2) is 16.0. The van der Waals surface area contributed by atoms with E-state index in [1.807, 2.05) is 0 Å². The Hall–Kier alpha value is -1.46. The summed E-state index contributed by atoms with van der Waals surface area (Å²) >= 11 is 0. The molecule has 0 aromatic carbocycles. The molecule has 0 saturated heterocycles. The highest BCUT2D eigenvalue weighted by atomic mass is 16.6. The van der Waals surface area contributed by atoms with Gasteiger partial charge in [-0.05, 0) is 11.6 Å². The number of unbranched alkanes of at least 4 members (excludes halogenated alkanes) is 14. The summed E-state index contributed by atoms with van der Waals surface area (Å²) in [5.74, 6) is -0.281. The van der Waals surface area contributed by atoms with Crippen LogP contribution in [0, 0.1) is 0 Å². The predicted molar refractivity (Wildman–Crippen MR) is 99.4 cm³/mol. The maximum Gasteiger partial charge on any atom is 0.363 e. The molecule has 0 aliphatic heterocycles. The fraction of sp³-hybridized carbons (Fsp3) is 0.895. The van der Waals surface area contributed by atoms with Crippen molar-refractivity contribution in [2.45, 2.75) is 110 Å². The molecular weight excluding hydrogens is 316 g/mol. The van der Waals surface area contributed by atoms with Gasteiger partial charge in [0.25, 0.3) is 0 Å². The van der Waals surface area contributed by atoms with E-state index in [0.717, 1.165) is 12.8 Å². The maximum absolute atomic E-state index is 11.5. The lowest BCUT2D eigenvalue weighted by molar-refractivity contribution is -0.135. The summed E-state index contributed by atoms with van der Waals surface area (Å²) in [4.78, 5) is 11.5. The third-order valence-corrected chi connectivity index (χ3v) is 4.52. The van der Waals surface area contributed by atoms with Crippen molar-refractivity contribution in [3.63, 3.8) is 0 Å². The Balaban J connectivity index is 1.74. The minimum atomic E-state index is -0.281. The van der Waals surface area contributed by atoms with Gasteiger partial charge in [-0.25, -0.2) is 0 Å². The van der Waals surface area contributed by atoms with Crippen molar-refractivity contribution < 1.29 is 9.53 Å². The third kappa shape index (κ3) is 13.5. The van der Waals surface area contributed by atoms with E-state index < -0.39 is 0 Å². The normalized spacial score (nSPS) is 10.9. The van der Waals surface area contributed by atoms with Crippen molar-refractivity contribution in [1.29, 1.82) is 0 Å². The van der Waals surface area contributed by atoms with Gasteiger partial charge in [-0.3, -0.25) is 4.79 Å². The van der Waals surface area contributed by atoms with E-state index in [1.54, 1.807) is 0 Å². The van der Waals surface area contributed by atoms with Gasteiger partial charge in [0.05, 0.1) is 0 Å². The highest BCUT2D eigenvalue weighted by Gasteiger charge is 2.07. The Bertz CT molecular complexity index is 410. The summed E-state index contributed by atoms with van der Waals surface area (Å²) < 4.78 is 4.92. The zero-order chi connectivity index (χ0) is 18.0. The molecule has 0 atom stereocenters. The molecule has 1 N–H and O–H groups in total. The smallest absolute Gasteiger partial charge is 0.363 e. The molecule has 0 aliphatic rings. The molecule has 0 aliphatic carbocycles. The van der Waals surface area contributed by atoms with Gasteiger partial charge in [-0.2, -0.15) is 5.21 Å². The highest BCUT2D eigenvalue weighted by molar-refractivity contribution is 5.71. The SMILES string of the molecule is CCCCCCCCCCCCCCCCCC(=O)Oc1nn[nH]n1. The van der Waals surface area contributed by atoms with E-state index >= 15 is 0 Å². The second-order valence-electron chi connectivity index (χ2n) is 6.87. The summed E-state index contributed by atoms with van der Waals surface area (Å²) in [7, 11) is 0. The molecule has 0 saturated carbocycles. The first-order valence-electron chi connectivity index (χ1n) is 10.3. The van der Waals surface area contributed by atoms with Crippen molar-refractivity contribution in [3.8, 4) is 6.01 Å². The number of carbonyl (C=O) groups is 1. The molecule has 0 fully saturated rings. The Morgan fingerprint density at radius 3 is 1.72 bits per heavy atom. The minimum Gasteiger partial charge on any atom is -0.389 e. The maximum atomic E-state index is 11.5. The summed E-state index contributed by atoms with van der Waals surface area (Å²) in [5, 5.41) is 12.8. The molecule has 1 rings (SSSR count). The van der Waals surface area contributed by atoms with Crippen molar-refractivity contribution in [2.75, 3.05) is 0 Å². The van der Waals surface area contributed by atoms with Crippen LogP contribution in [0.2, 0.25) is 0 Å². The Morgan fingerprint density at radius 2 is 1.28 bits per heavy atom. The summed E-state index contributed by atoms with van der Waals surface area (Å²) in [6.07, 6.45) is 20.2. The van der Waals surface area contributed by atoms with Crippen LogP contribution in [0.5, 0.6) is 6.01 Å². The lowest BCUT2D eigenvalue weighted by Gasteiger charge is -2.03. The average Bonchev–Trinajstić information content (AvgIpc) is 3.11. The van der Waals surface area contributed by atoms with E-state index in [2.05, 4.69) is 27.5 Å². The fourth-order valence-corrected chi connectivity index (χ4v) is 2.99. The van der Waals surface area contributed by atoms with Crippen LogP contribution in [0.25, 0.3) is 0 Å². The topological polar surface area (TPSA) is 80.8 Å². The molecule has 144 valence electrons. The van der Waals surface area contributed by atoms with Crippen LogP contribution in [0.4, 0.5) is 0 Å². The van der Waals surface area contributed by atoms with Crippen LogP contribution < -0.4 is 4.74 Å². The quantitative estimate of drug-likeness (QED) is 0.301. The number of ether oxygens (including phenoxy) is 1. The molecule has 0 unspecified atom stereocenters. The van der Waals surface area contributed by atoms with E-state index in [0.29, 0.717) is 6.42 Å². The monoisotopic (exact) mass is 352 g/mol. The van der Waals surface area contributed by atoms with Gasteiger partial charge in [0.1, 0.15) is 0 Å². The molecule has 0 radical (unpaired) electrons. The lowest BCUT2D eigenvalue weighted by atomic mass is 10.0. The van der Waals surface area contributed by atoms with Gasteiger partial charge in [0.2, 0.25) is 0 Å². The Labute approximate surface area is 152 Å². The number of aromatic amines is 1. The van der Waals surface area contributed by atoms with E-state index in [-0.39, 0.29) is 12.0 Å². The first-order valence-corrected chi connectivity index (χ1v) is 10.3. The van der Waals surface area contributed by atoms with Gasteiger partial charge in [-0.15, -0.1) is 0 Å². The van der Waals surface area contributed by atoms with Gasteiger partial charge >= 0.3 is 12.0 Å². The van der Waals surface area contributed by atoms with Crippen molar-refractivity contribution in [1.82, 2.24) is 20.6 Å². The average molecular weight is 353 g/mol. The largest absolute Gasteiger partial charge is 0.389 e. The van der Waals surface area contributed by atoms with Crippen LogP contribution >= 0.6 is 0 Å². The van der Waals surface area contributed by atoms with Crippen LogP contribution in [-0.2, 0) is 4.79 Å². The van der Waals surface area contributed by atoms with Crippen molar-refractivity contribution in [3.05, 3.63) is 0 Å². The number of nitrogens with zero attached hydrogens (tertiary/aromatic N) is 3. The zero-order valence-corrected chi connectivity index (χ0v) is 16.0. The number of hydrogen-bond donors (Lipinski definition) is 1. The second-order valence-corrected chi connectivity index (χ2v) is 6.87. The van der Waals surface area contributed by atoms with Crippen molar-refractivity contribution in [2.24, 2.45) is 0 Å². The zero-order valence-electron chi connectivity index (χ0n) is 16.0. The molecule has 0 amide bonds. The molecule has 6 nitrogen and oxygen atoms in total. The molecule has 0 bridgehead atoms. The van der Waals surface area contributed by atoms with Gasteiger partial charge in [-0.1, -0.05) is 107 Å². The van der Waals surface area contributed by atoms with Gasteiger partial charge in [0, 0.05) is 6.42 Å². The number of aromatic nitrogens is 4. The first kappa shape index (κ1) is 21.6. The molecular formula is C19H36N4O2. The minimum absolute atomic E-state index is 0.00552. The predicted octanol–water partition coefficient (Wildman–Crippen LogP) is 5.37. The molecule has 1 aromatic heterocycles. The third-order valence-electron chi connectivity index (χ3n) is 4.52. The van der Waals surface area contributed by atoms with E-state index in [4.69, 9.17) is 4.74 Å². The summed E-state index contributed by atoms with van der Waals surface area (Å²) in [6.45, 7) is 2.27.